The van der Waals surface area contributed by atoms with E-state index in [0.29, 0.717) is 6.42 Å². The van der Waals surface area contributed by atoms with Crippen molar-refractivity contribution in [3.05, 3.63) is 24.4 Å². The van der Waals surface area contributed by atoms with Crippen LogP contribution in [0, 0.1) is 41.4 Å². The fourth-order valence-corrected chi connectivity index (χ4v) is 10.5. The van der Waals surface area contributed by atoms with E-state index in [2.05, 4.69) is 27.8 Å². The minimum absolute atomic E-state index is 0.0186. The van der Waals surface area contributed by atoms with E-state index in [1.165, 1.54) is 75.9 Å². The molecule has 1 aliphatic rings. The van der Waals surface area contributed by atoms with Crippen LogP contribution in [0.1, 0.15) is 149 Å². The summed E-state index contributed by atoms with van der Waals surface area (Å²) in [6.07, 6.45) is 2.94. The second-order valence-corrected chi connectivity index (χ2v) is 25.8. The summed E-state index contributed by atoms with van der Waals surface area (Å²) in [7, 11) is 9.79. The van der Waals surface area contributed by atoms with Crippen LogP contribution in [0.15, 0.2) is 24.4 Å². The van der Waals surface area contributed by atoms with E-state index >= 15 is 9.59 Å². The first-order valence-electron chi connectivity index (χ1n) is 30.3. The van der Waals surface area contributed by atoms with Crippen LogP contribution in [-0.2, 0) is 52.7 Å². The van der Waals surface area contributed by atoms with E-state index in [0.717, 1.165) is 14.7 Å². The van der Waals surface area contributed by atoms with Gasteiger partial charge in [-0.3, -0.25) is 52.7 Å². The molecule has 0 aromatic carbocycles. The Labute approximate surface area is 508 Å². The number of amides is 11. The molecule has 0 unspecified atom stereocenters. The normalized spacial score (nSPS) is 26.0. The van der Waals surface area contributed by atoms with Gasteiger partial charge in [-0.15, -0.1) is 0 Å². The van der Waals surface area contributed by atoms with Gasteiger partial charge in [0.2, 0.25) is 59.1 Å². The van der Waals surface area contributed by atoms with Crippen LogP contribution in [0.3, 0.4) is 0 Å². The highest BCUT2D eigenvalue weighted by Gasteiger charge is 2.45. The third-order valence-electron chi connectivity index (χ3n) is 15.9. The first kappa shape index (κ1) is 76.6. The number of rotatable bonds is 15. The topological polar surface area (TPSA) is 279 Å². The van der Waals surface area contributed by atoms with Crippen LogP contribution < -0.4 is 21.3 Å². The highest BCUT2D eigenvalue weighted by atomic mass is 16.3. The number of nitrogens with one attached hydrogen (secondary N) is 4. The Bertz CT molecular complexity index is 2370. The van der Waals surface area contributed by atoms with Crippen molar-refractivity contribution in [1.29, 1.82) is 0 Å². The monoisotopic (exact) mass is 1200 g/mol. The Balaban J connectivity index is 4.32. The molecule has 1 rings (SSSR count). The van der Waals surface area contributed by atoms with Crippen molar-refractivity contribution < 1.29 is 57.8 Å². The quantitative estimate of drug-likeness (QED) is 0.117. The second-order valence-electron chi connectivity index (χ2n) is 25.8. The molecule has 1 fully saturated rings. The molecule has 0 spiro atoms. The molecule has 0 radical (unpaired) electrons. The zero-order valence-electron chi connectivity index (χ0n) is 55.7. The smallest absolute Gasteiger partial charge is 0.270 e. The molecule has 484 valence electrons. The van der Waals surface area contributed by atoms with Crippen molar-refractivity contribution in [2.24, 2.45) is 41.4 Å². The summed E-state index contributed by atoms with van der Waals surface area (Å²) < 4.78 is 0. The van der Waals surface area contributed by atoms with E-state index in [1.807, 2.05) is 55.4 Å². The molecule has 1 saturated heterocycles. The van der Waals surface area contributed by atoms with Gasteiger partial charge in [-0.25, -0.2) is 0 Å². The Morgan fingerprint density at radius 2 is 0.953 bits per heavy atom. The molecule has 0 saturated carbocycles. The van der Waals surface area contributed by atoms with Crippen molar-refractivity contribution in [2.45, 2.75) is 210 Å². The summed E-state index contributed by atoms with van der Waals surface area (Å²) in [6.45, 7) is 31.5. The maximum Gasteiger partial charge on any atom is 0.270 e. The molecule has 1 heterocycles. The number of hydrogen-bond donors (Lipinski definition) is 5. The highest BCUT2D eigenvalue weighted by Crippen LogP contribution is 2.26. The lowest BCUT2D eigenvalue weighted by atomic mass is 9.91. The molecule has 23 heteroatoms. The van der Waals surface area contributed by atoms with Crippen LogP contribution >= 0.6 is 0 Å². The molecule has 11 atom stereocenters. The first-order chi connectivity index (χ1) is 39.2. The van der Waals surface area contributed by atoms with Gasteiger partial charge in [0, 0.05) is 49.3 Å². The second kappa shape index (κ2) is 34.7. The van der Waals surface area contributed by atoms with Gasteiger partial charge in [0.25, 0.3) is 5.91 Å². The predicted molar refractivity (Wildman–Crippen MR) is 328 cm³/mol. The van der Waals surface area contributed by atoms with Crippen LogP contribution in [0.2, 0.25) is 0 Å². The van der Waals surface area contributed by atoms with Gasteiger partial charge >= 0.3 is 0 Å². The van der Waals surface area contributed by atoms with Crippen molar-refractivity contribution in [2.75, 3.05) is 55.9 Å². The van der Waals surface area contributed by atoms with Crippen molar-refractivity contribution >= 4 is 65.0 Å². The van der Waals surface area contributed by atoms with E-state index in [1.54, 1.807) is 60.6 Å². The van der Waals surface area contributed by atoms with Crippen LogP contribution in [-0.4, -0.2) is 221 Å². The molecule has 23 nitrogen and oxygen atoms in total. The zero-order valence-corrected chi connectivity index (χ0v) is 55.7. The number of carbonyl (C=O) groups excluding carboxylic acids is 11. The van der Waals surface area contributed by atoms with E-state index in [4.69, 9.17) is 0 Å². The van der Waals surface area contributed by atoms with Gasteiger partial charge in [-0.2, -0.15) is 0 Å². The Morgan fingerprint density at radius 1 is 0.518 bits per heavy atom. The number of aliphatic hydroxyl groups excluding tert-OH is 1. The third kappa shape index (κ3) is 21.5. The third-order valence-corrected chi connectivity index (χ3v) is 15.9. The van der Waals surface area contributed by atoms with Gasteiger partial charge < -0.3 is 60.7 Å². The average molecular weight is 1200 g/mol. The predicted octanol–water partition coefficient (Wildman–Crippen LogP) is 3.39. The molecule has 0 aromatic rings. The number of hydrogen-bond acceptors (Lipinski definition) is 12. The summed E-state index contributed by atoms with van der Waals surface area (Å²) >= 11 is 0. The summed E-state index contributed by atoms with van der Waals surface area (Å²) in [5.74, 6) is -10.2. The van der Waals surface area contributed by atoms with Crippen LogP contribution in [0.5, 0.6) is 0 Å². The van der Waals surface area contributed by atoms with Crippen LogP contribution in [0.4, 0.5) is 0 Å². The van der Waals surface area contributed by atoms with E-state index < -0.39 is 155 Å². The van der Waals surface area contributed by atoms with E-state index in [9.17, 15) is 48.3 Å². The minimum atomic E-state index is -1.62. The van der Waals surface area contributed by atoms with Crippen LogP contribution in [0.25, 0.3) is 0 Å². The largest absolute Gasteiger partial charge is 0.390 e. The zero-order chi connectivity index (χ0) is 66.0. The fraction of sp³-hybridized carbons (Fsp3) is 0.758. The maximum absolute atomic E-state index is 15.1. The Hall–Kier alpha value is -6.39. The SMILES string of the molecule is C=C1NC(=O)[C@H](C)NC(=O)[C@H](CC(C)C)N(C)C(=O)[C@H](C(C)C)NC(=O)[C@H](CC(C)C)N(C)C(=O)CN(C)C(=O)[C@H](CC)NC(=O)[C@H]([C@H](O)[C@H](C)C/C=C/C)N(C)C(=O)[C@H](C(C)C)N(C)C(=O)[C@H](CC(C)C)N(C)C(=O)[C@H](CC(C)C)N(C)C1=O. The van der Waals surface area contributed by atoms with Crippen molar-refractivity contribution in [1.82, 2.24) is 55.6 Å². The molecule has 5 N–H and O–H groups in total. The summed E-state index contributed by atoms with van der Waals surface area (Å²) in [4.78, 5) is 168. The van der Waals surface area contributed by atoms with E-state index in [-0.39, 0.29) is 55.8 Å². The lowest BCUT2D eigenvalue weighted by Gasteiger charge is -2.41. The molecule has 0 aromatic heterocycles. The van der Waals surface area contributed by atoms with Gasteiger partial charge in [-0.1, -0.05) is 116 Å². The number of nitrogens with zero attached hydrogens (tertiary/aromatic N) is 7. The number of carbonyl (C=O) groups is 11. The van der Waals surface area contributed by atoms with Crippen molar-refractivity contribution in [3.63, 3.8) is 0 Å². The highest BCUT2D eigenvalue weighted by molar-refractivity contribution is 6.02. The molecule has 1 aliphatic heterocycles. The average Bonchev–Trinajstić information content (AvgIpc) is 3.62. The Morgan fingerprint density at radius 3 is 1.41 bits per heavy atom. The molecule has 11 amide bonds. The Kier molecular flexibility index (Phi) is 31.3. The lowest BCUT2D eigenvalue weighted by molar-refractivity contribution is -0.157. The summed E-state index contributed by atoms with van der Waals surface area (Å²) in [5, 5.41) is 22.8. The summed E-state index contributed by atoms with van der Waals surface area (Å²) in [6, 6.07) is -11.3. The maximum atomic E-state index is 15.1. The minimum Gasteiger partial charge on any atom is -0.390 e. The molecular weight excluding hydrogens is 1090 g/mol. The molecular formula is C62H109N11O12. The van der Waals surface area contributed by atoms with Gasteiger partial charge in [0.1, 0.15) is 54.4 Å². The number of allylic oxidation sites excluding steroid dienone is 2. The standard InChI is InChI=1S/C62H109N11O12/c1-25-27-28-40(15)52(75)51-56(79)65-43(26-2)58(81)67(18)33-48(74)68(19)44(29-34(3)4)55(78)66-49(38(11)12)61(84)69(20)45(30-35(5)6)54(77)63-41(16)53(76)64-42(17)57(80)70(21)46(31-36(7)8)59(82)71(22)47(32-37(9)10)60(83)72(23)50(39(13)14)62(85)73(51)24/h25,27,34-41,43-47,49-52,75H,17,26,28-33H2,1-16,18-24H3,(H,63,77)(H,64,76)(H,65,79)(H,66,78)/b27-25+/t40-,41+,43+,44+,45+,46+,47+,49+,50+,51+,52-/m1/s1. The molecule has 85 heavy (non-hydrogen) atoms. The number of aliphatic hydroxyl groups is 1. The molecule has 0 bridgehead atoms. The summed E-state index contributed by atoms with van der Waals surface area (Å²) in [5.41, 5.74) is -0.418. The van der Waals surface area contributed by atoms with Gasteiger partial charge in [-0.05, 0) is 93.8 Å². The fourth-order valence-electron chi connectivity index (χ4n) is 10.5. The molecule has 0 aliphatic carbocycles. The first-order valence-corrected chi connectivity index (χ1v) is 30.3. The van der Waals surface area contributed by atoms with Crippen molar-refractivity contribution in [3.8, 4) is 0 Å². The number of likely N-dealkylation sites (N-methyl/N-ethyl adjacent to an activating group) is 7. The van der Waals surface area contributed by atoms with Gasteiger partial charge in [0.15, 0.2) is 0 Å². The lowest BCUT2D eigenvalue weighted by Crippen LogP contribution is -2.63. The van der Waals surface area contributed by atoms with Gasteiger partial charge in [0.05, 0.1) is 18.3 Å².